The molecule has 2 amide bonds. The Kier molecular flexibility index (Phi) is 6.41. The molecular weight excluding hydrogens is 470 g/mol. The van der Waals surface area contributed by atoms with Gasteiger partial charge in [0, 0.05) is 30.1 Å². The van der Waals surface area contributed by atoms with Crippen molar-refractivity contribution in [3.63, 3.8) is 0 Å². The number of likely N-dealkylation sites (tertiary alicyclic amines) is 1. The van der Waals surface area contributed by atoms with E-state index in [4.69, 9.17) is 4.98 Å². The second-order valence-corrected chi connectivity index (χ2v) is 12.0. The van der Waals surface area contributed by atoms with E-state index in [1.54, 1.807) is 0 Å². The molecule has 0 atom stereocenters. The van der Waals surface area contributed by atoms with Gasteiger partial charge < -0.3 is 4.90 Å². The number of rotatable bonds is 5. The van der Waals surface area contributed by atoms with Crippen LogP contribution in [0.4, 0.5) is 5.13 Å². The minimum Gasteiger partial charge on any atom is -0.342 e. The summed E-state index contributed by atoms with van der Waals surface area (Å²) in [6.45, 7) is 9.52. The van der Waals surface area contributed by atoms with E-state index >= 15 is 0 Å². The second kappa shape index (κ2) is 9.39. The number of aromatic nitrogens is 3. The smallest absolute Gasteiger partial charge is 0.259 e. The van der Waals surface area contributed by atoms with Crippen LogP contribution in [0.15, 0.2) is 42.5 Å². The third kappa shape index (κ3) is 4.78. The van der Waals surface area contributed by atoms with Crippen LogP contribution in [0.5, 0.6) is 0 Å². The molecule has 1 N–H and O–H groups in total. The van der Waals surface area contributed by atoms with Crippen molar-refractivity contribution in [3.8, 4) is 0 Å². The average Bonchev–Trinajstić information content (AvgIpc) is 3.54. The molecule has 0 spiro atoms. The number of piperidine rings is 1. The number of hydrogen-bond donors (Lipinski definition) is 1. The summed E-state index contributed by atoms with van der Waals surface area (Å²) in [7, 11) is 0. The number of carbonyl (C=O) groups is 2. The van der Waals surface area contributed by atoms with Crippen LogP contribution in [0.1, 0.15) is 84.7 Å². The van der Waals surface area contributed by atoms with Crippen LogP contribution in [0, 0.1) is 6.92 Å². The maximum atomic E-state index is 13.5. The molecule has 36 heavy (non-hydrogen) atoms. The molecule has 2 fully saturated rings. The first-order chi connectivity index (χ1) is 17.2. The van der Waals surface area contributed by atoms with E-state index < -0.39 is 0 Å². The summed E-state index contributed by atoms with van der Waals surface area (Å²) >= 11 is 1.40. The predicted molar refractivity (Wildman–Crippen MR) is 141 cm³/mol. The SMILES string of the molecule is Cc1ccc(C(=O)Nc2nnc(C(C)(C)C)s2)c(C2CCN(C(=O)C3(c4ccccc4)CC3)CC2)n1. The molecule has 1 aromatic carbocycles. The van der Waals surface area contributed by atoms with Gasteiger partial charge in [0.2, 0.25) is 11.0 Å². The van der Waals surface area contributed by atoms with Gasteiger partial charge in [0.15, 0.2) is 0 Å². The van der Waals surface area contributed by atoms with Gasteiger partial charge in [0.05, 0.1) is 16.7 Å². The first-order valence-electron chi connectivity index (χ1n) is 12.7. The maximum Gasteiger partial charge on any atom is 0.259 e. The van der Waals surface area contributed by atoms with Gasteiger partial charge in [-0.15, -0.1) is 10.2 Å². The summed E-state index contributed by atoms with van der Waals surface area (Å²) < 4.78 is 0. The number of nitrogens with zero attached hydrogens (tertiary/aromatic N) is 4. The normalized spacial score (nSPS) is 17.6. The number of pyridine rings is 1. The van der Waals surface area contributed by atoms with Gasteiger partial charge in [-0.1, -0.05) is 62.4 Å². The Morgan fingerprint density at radius 3 is 2.33 bits per heavy atom. The fourth-order valence-corrected chi connectivity index (χ4v) is 5.78. The molecule has 1 aliphatic carbocycles. The zero-order chi connectivity index (χ0) is 25.5. The average molecular weight is 504 g/mol. The van der Waals surface area contributed by atoms with Crippen LogP contribution in [-0.4, -0.2) is 45.0 Å². The summed E-state index contributed by atoms with van der Waals surface area (Å²) in [6.07, 6.45) is 3.42. The van der Waals surface area contributed by atoms with Crippen LogP contribution in [0.25, 0.3) is 0 Å². The molecule has 188 valence electrons. The number of aryl methyl sites for hydroxylation is 1. The molecule has 1 aliphatic heterocycles. The molecule has 0 unspecified atom stereocenters. The van der Waals surface area contributed by atoms with E-state index in [0.29, 0.717) is 23.8 Å². The van der Waals surface area contributed by atoms with Crippen molar-refractivity contribution < 1.29 is 9.59 Å². The third-order valence-electron chi connectivity index (χ3n) is 7.25. The minimum atomic E-state index is -0.339. The van der Waals surface area contributed by atoms with Crippen molar-refractivity contribution in [2.45, 2.75) is 70.1 Å². The van der Waals surface area contributed by atoms with E-state index in [-0.39, 0.29) is 28.6 Å². The summed E-state index contributed by atoms with van der Waals surface area (Å²) in [6, 6.07) is 13.9. The van der Waals surface area contributed by atoms with Crippen molar-refractivity contribution >= 4 is 28.3 Å². The van der Waals surface area contributed by atoms with Gasteiger partial charge in [-0.3, -0.25) is 19.9 Å². The molecule has 2 aromatic heterocycles. The van der Waals surface area contributed by atoms with E-state index in [1.807, 2.05) is 42.2 Å². The molecule has 7 nitrogen and oxygen atoms in total. The maximum absolute atomic E-state index is 13.5. The van der Waals surface area contributed by atoms with Gasteiger partial charge in [-0.2, -0.15) is 0 Å². The summed E-state index contributed by atoms with van der Waals surface area (Å²) in [4.78, 5) is 33.5. The standard InChI is InChI=1S/C28H33N5O2S/c1-18-10-11-21(23(34)30-26-32-31-24(36-26)27(2,3)4)22(29-18)19-12-16-33(17-13-19)25(35)28(14-15-28)20-8-6-5-7-9-20/h5-11,19H,12-17H2,1-4H3,(H,30,32,34). The number of anilines is 1. The summed E-state index contributed by atoms with van der Waals surface area (Å²) in [5.41, 5.74) is 2.93. The van der Waals surface area contributed by atoms with Gasteiger partial charge >= 0.3 is 0 Å². The monoisotopic (exact) mass is 503 g/mol. The lowest BCUT2D eigenvalue weighted by atomic mass is 9.88. The highest BCUT2D eigenvalue weighted by molar-refractivity contribution is 7.15. The lowest BCUT2D eigenvalue weighted by Gasteiger charge is -2.35. The predicted octanol–water partition coefficient (Wildman–Crippen LogP) is 5.23. The third-order valence-corrected chi connectivity index (χ3v) is 8.51. The number of amides is 2. The van der Waals surface area contributed by atoms with E-state index in [1.165, 1.54) is 11.3 Å². The van der Waals surface area contributed by atoms with Gasteiger partial charge in [0.1, 0.15) is 5.01 Å². The highest BCUT2D eigenvalue weighted by Crippen LogP contribution is 2.50. The Balaban J connectivity index is 1.29. The highest BCUT2D eigenvalue weighted by atomic mass is 32.1. The van der Waals surface area contributed by atoms with Crippen LogP contribution in [0.2, 0.25) is 0 Å². The zero-order valence-corrected chi connectivity index (χ0v) is 22.2. The number of benzene rings is 1. The summed E-state index contributed by atoms with van der Waals surface area (Å²) in [5, 5.41) is 12.7. The molecule has 8 heteroatoms. The molecule has 5 rings (SSSR count). The van der Waals surface area contributed by atoms with Gasteiger partial charge in [0.25, 0.3) is 5.91 Å². The first-order valence-corrected chi connectivity index (χ1v) is 13.5. The fraction of sp³-hybridized carbons (Fsp3) is 0.464. The molecule has 3 aromatic rings. The molecule has 3 heterocycles. The lowest BCUT2D eigenvalue weighted by Crippen LogP contribution is -2.44. The van der Waals surface area contributed by atoms with Crippen molar-refractivity contribution in [1.82, 2.24) is 20.1 Å². The Hall–Kier alpha value is -3.13. The first kappa shape index (κ1) is 24.6. The van der Waals surface area contributed by atoms with Gasteiger partial charge in [-0.05, 0) is 50.3 Å². The molecule has 0 radical (unpaired) electrons. The molecular formula is C28H33N5O2S. The molecule has 0 bridgehead atoms. The van der Waals surface area contributed by atoms with E-state index in [0.717, 1.165) is 47.6 Å². The largest absolute Gasteiger partial charge is 0.342 e. The van der Waals surface area contributed by atoms with Crippen LogP contribution in [0.3, 0.4) is 0 Å². The number of carbonyl (C=O) groups excluding carboxylic acids is 2. The van der Waals surface area contributed by atoms with Crippen LogP contribution < -0.4 is 5.32 Å². The lowest BCUT2D eigenvalue weighted by molar-refractivity contribution is -0.135. The Labute approximate surface area is 216 Å². The van der Waals surface area contributed by atoms with Crippen LogP contribution in [-0.2, 0) is 15.6 Å². The Morgan fingerprint density at radius 2 is 1.72 bits per heavy atom. The fourth-order valence-electron chi connectivity index (χ4n) is 4.99. The molecule has 1 saturated carbocycles. The van der Waals surface area contributed by atoms with Crippen LogP contribution >= 0.6 is 11.3 Å². The number of nitrogens with one attached hydrogen (secondary N) is 1. The summed E-state index contributed by atoms with van der Waals surface area (Å²) in [5.74, 6) is 0.156. The van der Waals surface area contributed by atoms with E-state index in [9.17, 15) is 9.59 Å². The van der Waals surface area contributed by atoms with E-state index in [2.05, 4.69) is 48.4 Å². The zero-order valence-electron chi connectivity index (χ0n) is 21.4. The van der Waals surface area contributed by atoms with Crippen molar-refractivity contribution in [2.75, 3.05) is 18.4 Å². The highest BCUT2D eigenvalue weighted by Gasteiger charge is 2.53. The Bertz CT molecular complexity index is 1270. The van der Waals surface area contributed by atoms with Crippen molar-refractivity contribution in [2.24, 2.45) is 0 Å². The molecule has 1 saturated heterocycles. The number of hydrogen-bond acceptors (Lipinski definition) is 6. The second-order valence-electron chi connectivity index (χ2n) is 11.0. The minimum absolute atomic E-state index is 0.123. The molecule has 2 aliphatic rings. The van der Waals surface area contributed by atoms with Gasteiger partial charge in [-0.25, -0.2) is 0 Å². The topological polar surface area (TPSA) is 88.1 Å². The quantitative estimate of drug-likeness (QED) is 0.515. The van der Waals surface area contributed by atoms with Crippen molar-refractivity contribution in [3.05, 3.63) is 70.0 Å². The van der Waals surface area contributed by atoms with Crippen molar-refractivity contribution in [1.29, 1.82) is 0 Å². The Morgan fingerprint density at radius 1 is 1.03 bits per heavy atom.